The summed E-state index contributed by atoms with van der Waals surface area (Å²) in [5.74, 6) is -0.623. The van der Waals surface area contributed by atoms with E-state index in [0.29, 0.717) is 10.7 Å². The van der Waals surface area contributed by atoms with Crippen LogP contribution in [-0.2, 0) is 0 Å². The second-order valence-electron chi connectivity index (χ2n) is 4.34. The number of hydrogen-bond acceptors (Lipinski definition) is 4. The highest BCUT2D eigenvalue weighted by Crippen LogP contribution is 2.17. The standard InChI is InChI=1S/C15H12ClN3O3/c1-10(11-6-8-12(16)9-7-11)17-18-15(20)13-4-2-3-5-14(13)19(21)22/h2-9,17H,1H2,(H,18,20). The van der Waals surface area contributed by atoms with Crippen LogP contribution in [0.15, 0.2) is 55.1 Å². The number of carbonyl (C=O) groups excluding carboxylic acids is 1. The molecule has 1 amide bonds. The van der Waals surface area contributed by atoms with Gasteiger partial charge in [-0.1, -0.05) is 42.4 Å². The summed E-state index contributed by atoms with van der Waals surface area (Å²) in [4.78, 5) is 22.3. The molecule has 0 aliphatic heterocycles. The SMILES string of the molecule is C=C(NNC(=O)c1ccccc1[N+](=O)[O-])c1ccc(Cl)cc1. The molecule has 22 heavy (non-hydrogen) atoms. The Balaban J connectivity index is 2.06. The van der Waals surface area contributed by atoms with E-state index in [-0.39, 0.29) is 11.3 Å². The lowest BCUT2D eigenvalue weighted by Crippen LogP contribution is -2.36. The van der Waals surface area contributed by atoms with Crippen molar-refractivity contribution in [2.24, 2.45) is 0 Å². The number of carbonyl (C=O) groups is 1. The topological polar surface area (TPSA) is 84.3 Å². The predicted molar refractivity (Wildman–Crippen MR) is 84.2 cm³/mol. The van der Waals surface area contributed by atoms with Crippen molar-refractivity contribution < 1.29 is 9.72 Å². The molecule has 6 nitrogen and oxygen atoms in total. The van der Waals surface area contributed by atoms with Gasteiger partial charge >= 0.3 is 0 Å². The van der Waals surface area contributed by atoms with Gasteiger partial charge in [-0.15, -0.1) is 0 Å². The quantitative estimate of drug-likeness (QED) is 0.655. The predicted octanol–water partition coefficient (Wildman–Crippen LogP) is 3.15. The molecule has 0 bridgehead atoms. The van der Waals surface area contributed by atoms with Gasteiger partial charge in [0.15, 0.2) is 0 Å². The van der Waals surface area contributed by atoms with Crippen LogP contribution in [0.1, 0.15) is 15.9 Å². The fraction of sp³-hybridized carbons (Fsp3) is 0. The Kier molecular flexibility index (Phi) is 4.75. The van der Waals surface area contributed by atoms with Crippen molar-refractivity contribution in [3.05, 3.63) is 81.4 Å². The van der Waals surface area contributed by atoms with Crippen LogP contribution in [-0.4, -0.2) is 10.8 Å². The van der Waals surface area contributed by atoms with Gasteiger partial charge in [0.2, 0.25) is 0 Å². The van der Waals surface area contributed by atoms with Gasteiger partial charge < -0.3 is 0 Å². The first kappa shape index (κ1) is 15.5. The molecule has 2 aromatic rings. The summed E-state index contributed by atoms with van der Waals surface area (Å²) >= 11 is 5.79. The lowest BCUT2D eigenvalue weighted by molar-refractivity contribution is -0.385. The van der Waals surface area contributed by atoms with Crippen LogP contribution in [0.2, 0.25) is 5.02 Å². The Morgan fingerprint density at radius 2 is 1.73 bits per heavy atom. The van der Waals surface area contributed by atoms with Crippen LogP contribution in [0.5, 0.6) is 0 Å². The van der Waals surface area contributed by atoms with Crippen molar-refractivity contribution in [2.75, 3.05) is 0 Å². The van der Waals surface area contributed by atoms with Crippen molar-refractivity contribution >= 4 is 28.9 Å². The smallest absolute Gasteiger partial charge is 0.282 e. The molecule has 2 rings (SSSR count). The minimum absolute atomic E-state index is 0.0380. The second-order valence-corrected chi connectivity index (χ2v) is 4.78. The molecule has 0 unspecified atom stereocenters. The molecular formula is C15H12ClN3O3. The lowest BCUT2D eigenvalue weighted by Gasteiger charge is -2.11. The highest BCUT2D eigenvalue weighted by atomic mass is 35.5. The van der Waals surface area contributed by atoms with E-state index in [1.807, 2.05) is 0 Å². The van der Waals surface area contributed by atoms with Crippen molar-refractivity contribution in [2.45, 2.75) is 0 Å². The molecule has 112 valence electrons. The van der Waals surface area contributed by atoms with Crippen LogP contribution in [0.3, 0.4) is 0 Å². The normalized spacial score (nSPS) is 9.86. The van der Waals surface area contributed by atoms with E-state index in [0.717, 1.165) is 5.56 Å². The number of hydrogen-bond donors (Lipinski definition) is 2. The maximum atomic E-state index is 12.0. The van der Waals surface area contributed by atoms with E-state index >= 15 is 0 Å². The van der Waals surface area contributed by atoms with Gasteiger partial charge in [-0.2, -0.15) is 0 Å². The average molecular weight is 318 g/mol. The van der Waals surface area contributed by atoms with Crippen molar-refractivity contribution in [1.29, 1.82) is 0 Å². The molecule has 0 aliphatic carbocycles. The number of nitro groups is 1. The molecule has 0 atom stereocenters. The van der Waals surface area contributed by atoms with Gasteiger partial charge in [-0.25, -0.2) is 0 Å². The van der Waals surface area contributed by atoms with Crippen LogP contribution in [0, 0.1) is 10.1 Å². The number of amides is 1. The Morgan fingerprint density at radius 3 is 2.36 bits per heavy atom. The Labute approximate surface area is 131 Å². The summed E-state index contributed by atoms with van der Waals surface area (Å²) in [5, 5.41) is 11.5. The van der Waals surface area contributed by atoms with Gasteiger partial charge in [-0.3, -0.25) is 25.8 Å². The van der Waals surface area contributed by atoms with Crippen LogP contribution < -0.4 is 10.9 Å². The molecule has 0 aromatic heterocycles. The third-order valence-corrected chi connectivity index (χ3v) is 3.12. The van der Waals surface area contributed by atoms with Crippen LogP contribution in [0.4, 0.5) is 5.69 Å². The number of rotatable bonds is 5. The van der Waals surface area contributed by atoms with Crippen LogP contribution in [0.25, 0.3) is 5.70 Å². The first-order valence-corrected chi connectivity index (χ1v) is 6.61. The first-order chi connectivity index (χ1) is 10.5. The molecule has 0 saturated carbocycles. The maximum Gasteiger partial charge on any atom is 0.282 e. The Bertz CT molecular complexity index is 729. The van der Waals surface area contributed by atoms with Gasteiger partial charge in [0.1, 0.15) is 5.56 Å². The molecular weight excluding hydrogens is 306 g/mol. The minimum atomic E-state index is -0.623. The van der Waals surface area contributed by atoms with Crippen molar-refractivity contribution in [3.63, 3.8) is 0 Å². The highest BCUT2D eigenvalue weighted by molar-refractivity contribution is 6.30. The summed E-state index contributed by atoms with van der Waals surface area (Å²) in [6.07, 6.45) is 0. The number of nitro benzene ring substituents is 1. The fourth-order valence-electron chi connectivity index (χ4n) is 1.75. The van der Waals surface area contributed by atoms with E-state index in [2.05, 4.69) is 17.4 Å². The van der Waals surface area contributed by atoms with Crippen molar-refractivity contribution in [3.8, 4) is 0 Å². The molecule has 2 aromatic carbocycles. The van der Waals surface area contributed by atoms with E-state index in [9.17, 15) is 14.9 Å². The number of nitrogens with zero attached hydrogens (tertiary/aromatic N) is 1. The van der Waals surface area contributed by atoms with E-state index in [4.69, 9.17) is 11.6 Å². The Hall–Kier alpha value is -2.86. The van der Waals surface area contributed by atoms with Gasteiger partial charge in [0, 0.05) is 11.1 Å². The van der Waals surface area contributed by atoms with E-state index in [1.165, 1.54) is 18.2 Å². The Morgan fingerprint density at radius 1 is 1.09 bits per heavy atom. The molecule has 0 spiro atoms. The third-order valence-electron chi connectivity index (χ3n) is 2.86. The largest absolute Gasteiger partial charge is 0.298 e. The van der Waals surface area contributed by atoms with Crippen LogP contribution >= 0.6 is 11.6 Å². The highest BCUT2D eigenvalue weighted by Gasteiger charge is 2.18. The zero-order chi connectivity index (χ0) is 16.1. The molecule has 0 fully saturated rings. The monoisotopic (exact) mass is 317 g/mol. The zero-order valence-corrected chi connectivity index (χ0v) is 12.1. The summed E-state index contributed by atoms with van der Waals surface area (Å²) in [6, 6.07) is 12.5. The molecule has 0 saturated heterocycles. The zero-order valence-electron chi connectivity index (χ0n) is 11.4. The molecule has 0 aliphatic rings. The fourth-order valence-corrected chi connectivity index (χ4v) is 1.87. The number of halogens is 1. The maximum absolute atomic E-state index is 12.0. The van der Waals surface area contributed by atoms with E-state index < -0.39 is 10.8 Å². The summed E-state index contributed by atoms with van der Waals surface area (Å²) < 4.78 is 0. The third kappa shape index (κ3) is 3.62. The summed E-state index contributed by atoms with van der Waals surface area (Å²) in [6.45, 7) is 3.77. The van der Waals surface area contributed by atoms with E-state index in [1.54, 1.807) is 30.3 Å². The second kappa shape index (κ2) is 6.73. The lowest BCUT2D eigenvalue weighted by atomic mass is 10.1. The number of para-hydroxylation sites is 1. The van der Waals surface area contributed by atoms with Gasteiger partial charge in [0.25, 0.3) is 11.6 Å². The molecule has 0 radical (unpaired) electrons. The van der Waals surface area contributed by atoms with Crippen molar-refractivity contribution in [1.82, 2.24) is 10.9 Å². The summed E-state index contributed by atoms with van der Waals surface area (Å²) in [7, 11) is 0. The number of benzene rings is 2. The van der Waals surface area contributed by atoms with Gasteiger partial charge in [-0.05, 0) is 23.8 Å². The molecule has 2 N–H and O–H groups in total. The molecule has 7 heteroatoms. The minimum Gasteiger partial charge on any atom is -0.298 e. The average Bonchev–Trinajstić information content (AvgIpc) is 2.53. The number of hydrazine groups is 1. The first-order valence-electron chi connectivity index (χ1n) is 6.23. The summed E-state index contributed by atoms with van der Waals surface area (Å²) in [5.41, 5.74) is 5.86. The molecule has 0 heterocycles. The number of nitrogens with one attached hydrogen (secondary N) is 2. The van der Waals surface area contributed by atoms with Gasteiger partial charge in [0.05, 0.1) is 10.6 Å².